The Hall–Kier alpha value is -2.86. The van der Waals surface area contributed by atoms with Crippen LogP contribution in [0.15, 0.2) is 30.3 Å². The van der Waals surface area contributed by atoms with Crippen molar-refractivity contribution < 1.29 is 19.4 Å². The molecule has 3 saturated carbocycles. The third-order valence-corrected chi connectivity index (χ3v) is 7.53. The van der Waals surface area contributed by atoms with E-state index in [-0.39, 0.29) is 24.1 Å². The van der Waals surface area contributed by atoms with E-state index in [1.54, 1.807) is 25.1 Å². The number of hydrogen-bond acceptors (Lipinski definition) is 6. The summed E-state index contributed by atoms with van der Waals surface area (Å²) in [6.07, 6.45) is 1.76. The number of carbonyl (C=O) groups excluding carboxylic acids is 2. The number of pyridine rings is 1. The third-order valence-electron chi connectivity index (χ3n) is 6.79. The first-order valence-corrected chi connectivity index (χ1v) is 11.7. The minimum absolute atomic E-state index is 0.224. The Balaban J connectivity index is 1.36. The lowest BCUT2D eigenvalue weighted by Gasteiger charge is -2.56. The highest BCUT2D eigenvalue weighted by Gasteiger charge is 2.55. The Kier molecular flexibility index (Phi) is 6.72. The van der Waals surface area contributed by atoms with E-state index in [1.165, 1.54) is 12.1 Å². The molecule has 0 aliphatic heterocycles. The van der Waals surface area contributed by atoms with E-state index in [9.17, 15) is 14.7 Å². The molecule has 3 aliphatic carbocycles. The summed E-state index contributed by atoms with van der Waals surface area (Å²) in [5.74, 6) is -0.266. The van der Waals surface area contributed by atoms with E-state index in [1.807, 2.05) is 6.07 Å². The van der Waals surface area contributed by atoms with Crippen LogP contribution in [0.5, 0.6) is 5.75 Å². The average Bonchev–Trinajstić information content (AvgIpc) is 2.81. The Morgan fingerprint density at radius 2 is 1.91 bits per heavy atom. The normalized spacial score (nSPS) is 25.3. The van der Waals surface area contributed by atoms with Gasteiger partial charge in [0.1, 0.15) is 17.5 Å². The number of carbonyl (C=O) groups is 2. The zero-order valence-corrected chi connectivity index (χ0v) is 20.0. The molecule has 0 spiro atoms. The van der Waals surface area contributed by atoms with Gasteiger partial charge in [-0.05, 0) is 63.3 Å². The molecule has 8 nitrogen and oxygen atoms in total. The van der Waals surface area contributed by atoms with Crippen LogP contribution >= 0.6 is 23.2 Å². The van der Waals surface area contributed by atoms with Gasteiger partial charge in [0.05, 0.1) is 32.9 Å². The van der Waals surface area contributed by atoms with E-state index in [0.29, 0.717) is 59.2 Å². The van der Waals surface area contributed by atoms with Crippen molar-refractivity contribution in [3.8, 4) is 11.8 Å². The molecule has 1 heterocycles. The number of aliphatic hydroxyl groups is 1. The van der Waals surface area contributed by atoms with Crippen molar-refractivity contribution >= 4 is 35.0 Å². The fourth-order valence-electron chi connectivity index (χ4n) is 4.80. The van der Waals surface area contributed by atoms with Crippen molar-refractivity contribution in [2.45, 2.75) is 56.2 Å². The molecule has 2 aromatic rings. The van der Waals surface area contributed by atoms with E-state index in [2.05, 4.69) is 15.6 Å². The van der Waals surface area contributed by atoms with E-state index in [4.69, 9.17) is 33.2 Å². The van der Waals surface area contributed by atoms with Crippen LogP contribution in [0.25, 0.3) is 0 Å². The molecule has 3 aliphatic rings. The van der Waals surface area contributed by atoms with Gasteiger partial charge in [0.2, 0.25) is 0 Å². The Bertz CT molecular complexity index is 1170. The van der Waals surface area contributed by atoms with Crippen molar-refractivity contribution in [3.05, 3.63) is 57.3 Å². The predicted octanol–water partition coefficient (Wildman–Crippen LogP) is 3.31. The minimum atomic E-state index is -0.820. The number of hydrogen-bond donors (Lipinski definition) is 3. The number of aromatic nitrogens is 1. The number of fused-ring (bicyclic) bond motifs is 3. The molecular weight excluding hydrogens is 479 g/mol. The summed E-state index contributed by atoms with van der Waals surface area (Å²) in [4.78, 5) is 29.6. The second-order valence-corrected chi connectivity index (χ2v) is 9.78. The van der Waals surface area contributed by atoms with Crippen LogP contribution in [-0.4, -0.2) is 45.7 Å². The molecule has 3 N–H and O–H groups in total. The molecule has 3 fully saturated rings. The number of halogens is 2. The van der Waals surface area contributed by atoms with Gasteiger partial charge in [-0.1, -0.05) is 23.2 Å². The number of nitrogens with zero attached hydrogens (tertiary/aromatic N) is 2. The lowest BCUT2D eigenvalue weighted by molar-refractivity contribution is -0.132. The first-order chi connectivity index (χ1) is 16.2. The maximum atomic E-state index is 12.8. The van der Waals surface area contributed by atoms with Gasteiger partial charge < -0.3 is 20.5 Å². The fourth-order valence-corrected chi connectivity index (χ4v) is 5.09. The second-order valence-electron chi connectivity index (χ2n) is 8.96. The number of nitriles is 1. The number of aliphatic hydroxyl groups excluding tert-OH is 1. The highest BCUT2D eigenvalue weighted by molar-refractivity contribution is 6.42. The van der Waals surface area contributed by atoms with Crippen LogP contribution in [-0.2, 0) is 4.79 Å². The Morgan fingerprint density at radius 1 is 1.18 bits per heavy atom. The van der Waals surface area contributed by atoms with Gasteiger partial charge in [0.25, 0.3) is 11.8 Å². The fraction of sp³-hybridized carbons (Fsp3) is 0.417. The molecule has 2 amide bonds. The zero-order valence-electron chi connectivity index (χ0n) is 18.5. The molecule has 0 unspecified atom stereocenters. The molecule has 2 bridgehead atoms. The summed E-state index contributed by atoms with van der Waals surface area (Å²) in [6.45, 7) is 1.46. The SMILES string of the molecule is Cc1nc(C(=O)NC23CCC(NC(=O)COc4ccc(Cl)c(Cl)c4)(CC2)[C@@H](O)C3)ccc1C#N. The van der Waals surface area contributed by atoms with Crippen molar-refractivity contribution in [3.63, 3.8) is 0 Å². The number of ether oxygens (including phenoxy) is 1. The van der Waals surface area contributed by atoms with Gasteiger partial charge >= 0.3 is 0 Å². The quantitative estimate of drug-likeness (QED) is 0.556. The van der Waals surface area contributed by atoms with Crippen molar-refractivity contribution in [1.29, 1.82) is 5.26 Å². The van der Waals surface area contributed by atoms with Crippen molar-refractivity contribution in [2.24, 2.45) is 0 Å². The van der Waals surface area contributed by atoms with Crippen LogP contribution in [0.2, 0.25) is 10.0 Å². The Labute approximate surface area is 207 Å². The summed E-state index contributed by atoms with van der Waals surface area (Å²) < 4.78 is 5.51. The number of amides is 2. The first-order valence-electron chi connectivity index (χ1n) is 10.9. The van der Waals surface area contributed by atoms with E-state index < -0.39 is 17.2 Å². The van der Waals surface area contributed by atoms with Crippen LogP contribution in [0.3, 0.4) is 0 Å². The number of aryl methyl sites for hydroxylation is 1. The van der Waals surface area contributed by atoms with Crippen LogP contribution in [0.1, 0.15) is 53.8 Å². The zero-order chi connectivity index (χ0) is 24.5. The van der Waals surface area contributed by atoms with Gasteiger partial charge in [-0.15, -0.1) is 0 Å². The average molecular weight is 503 g/mol. The predicted molar refractivity (Wildman–Crippen MR) is 126 cm³/mol. The van der Waals surface area contributed by atoms with E-state index >= 15 is 0 Å². The molecule has 10 heteroatoms. The van der Waals surface area contributed by atoms with Crippen LogP contribution in [0.4, 0.5) is 0 Å². The van der Waals surface area contributed by atoms with E-state index in [0.717, 1.165) is 0 Å². The smallest absolute Gasteiger partial charge is 0.270 e. The summed E-state index contributed by atoms with van der Waals surface area (Å²) in [7, 11) is 0. The molecule has 1 aromatic heterocycles. The largest absolute Gasteiger partial charge is 0.484 e. The second kappa shape index (κ2) is 9.41. The molecule has 5 rings (SSSR count). The molecule has 0 radical (unpaired) electrons. The molecule has 1 aromatic carbocycles. The molecule has 178 valence electrons. The van der Waals surface area contributed by atoms with Crippen LogP contribution < -0.4 is 15.4 Å². The standard InChI is InChI=1S/C24H24Cl2N4O4/c1-14-15(12-27)2-5-19(28-14)22(33)30-23-6-8-24(9-7-23,20(31)11-23)29-21(32)13-34-16-3-4-17(25)18(26)10-16/h2-5,10,20,31H,6-9,11,13H2,1H3,(H,29,32)(H,30,33)/t20-,23?,24?/m0/s1. The van der Waals surface area contributed by atoms with Crippen molar-refractivity contribution in [2.75, 3.05) is 6.61 Å². The van der Waals surface area contributed by atoms with Crippen LogP contribution in [0, 0.1) is 18.3 Å². The summed E-state index contributed by atoms with van der Waals surface area (Å²) in [5.41, 5.74) is -0.180. The summed E-state index contributed by atoms with van der Waals surface area (Å²) in [6, 6.07) is 9.88. The van der Waals surface area contributed by atoms with Gasteiger partial charge in [0, 0.05) is 11.6 Å². The van der Waals surface area contributed by atoms with Crippen molar-refractivity contribution in [1.82, 2.24) is 15.6 Å². The highest BCUT2D eigenvalue weighted by atomic mass is 35.5. The topological polar surface area (TPSA) is 124 Å². The molecule has 1 atom stereocenters. The lowest BCUT2D eigenvalue weighted by atomic mass is 9.60. The number of nitrogens with one attached hydrogen (secondary N) is 2. The van der Waals surface area contributed by atoms with Gasteiger partial charge in [0.15, 0.2) is 6.61 Å². The minimum Gasteiger partial charge on any atom is -0.484 e. The molecular formula is C24H24Cl2N4O4. The number of rotatable bonds is 6. The first kappa shape index (κ1) is 24.3. The van der Waals surface area contributed by atoms with Gasteiger partial charge in [-0.25, -0.2) is 4.98 Å². The number of benzene rings is 1. The summed E-state index contributed by atoms with van der Waals surface area (Å²) in [5, 5.41) is 26.7. The monoisotopic (exact) mass is 502 g/mol. The molecule has 34 heavy (non-hydrogen) atoms. The lowest BCUT2D eigenvalue weighted by Crippen LogP contribution is -2.70. The third kappa shape index (κ3) is 4.83. The maximum absolute atomic E-state index is 12.8. The Morgan fingerprint density at radius 3 is 2.53 bits per heavy atom. The summed E-state index contributed by atoms with van der Waals surface area (Å²) >= 11 is 11.9. The van der Waals surface area contributed by atoms with Gasteiger partial charge in [-0.2, -0.15) is 5.26 Å². The molecule has 0 saturated heterocycles. The van der Waals surface area contributed by atoms with Gasteiger partial charge in [-0.3, -0.25) is 9.59 Å². The highest BCUT2D eigenvalue weighted by Crippen LogP contribution is 2.47. The maximum Gasteiger partial charge on any atom is 0.270 e.